The Morgan fingerprint density at radius 1 is 1.00 bits per heavy atom. The van der Waals surface area contributed by atoms with Gasteiger partial charge in [0.05, 0.1) is 29.1 Å². The van der Waals surface area contributed by atoms with Gasteiger partial charge in [-0.3, -0.25) is 14.4 Å². The van der Waals surface area contributed by atoms with Crippen molar-refractivity contribution in [3.05, 3.63) is 87.7 Å². The van der Waals surface area contributed by atoms with Crippen LogP contribution >= 0.6 is 23.2 Å². The summed E-state index contributed by atoms with van der Waals surface area (Å²) in [6.45, 7) is 3.19. The van der Waals surface area contributed by atoms with Crippen LogP contribution in [-0.2, 0) is 9.59 Å². The van der Waals surface area contributed by atoms with E-state index in [2.05, 4.69) is 21.2 Å². The minimum absolute atomic E-state index is 0.0466. The van der Waals surface area contributed by atoms with Gasteiger partial charge in [-0.2, -0.15) is 5.10 Å². The van der Waals surface area contributed by atoms with E-state index < -0.39 is 29.6 Å². The zero-order valence-electron chi connectivity index (χ0n) is 21.8. The van der Waals surface area contributed by atoms with Gasteiger partial charge >= 0.3 is 0 Å². The highest BCUT2D eigenvalue weighted by atomic mass is 35.5. The maximum Gasteiger partial charge on any atom is 0.262 e. The predicted molar refractivity (Wildman–Crippen MR) is 152 cm³/mol. The van der Waals surface area contributed by atoms with E-state index in [4.69, 9.17) is 32.7 Å². The van der Waals surface area contributed by atoms with Crippen LogP contribution in [0.5, 0.6) is 11.5 Å². The van der Waals surface area contributed by atoms with Crippen LogP contribution < -0.4 is 25.5 Å². The van der Waals surface area contributed by atoms with Gasteiger partial charge in [0.2, 0.25) is 0 Å². The summed E-state index contributed by atoms with van der Waals surface area (Å²) in [5, 5.41) is 9.62. The smallest absolute Gasteiger partial charge is 0.262 e. The van der Waals surface area contributed by atoms with Gasteiger partial charge in [0, 0.05) is 5.56 Å². The number of halogens is 3. The third-order valence-corrected chi connectivity index (χ3v) is 6.24. The summed E-state index contributed by atoms with van der Waals surface area (Å²) >= 11 is 11.9. The van der Waals surface area contributed by atoms with Crippen molar-refractivity contribution in [1.82, 2.24) is 10.7 Å². The number of carbonyl (C=O) groups is 3. The molecule has 3 N–H and O–H groups in total. The lowest BCUT2D eigenvalue weighted by molar-refractivity contribution is -0.124. The van der Waals surface area contributed by atoms with Crippen LogP contribution in [0.15, 0.2) is 65.8 Å². The van der Waals surface area contributed by atoms with E-state index in [-0.39, 0.29) is 34.5 Å². The number of amides is 3. The first-order valence-corrected chi connectivity index (χ1v) is 12.8. The zero-order valence-corrected chi connectivity index (χ0v) is 23.3. The van der Waals surface area contributed by atoms with E-state index in [0.717, 1.165) is 0 Å². The molecule has 3 aromatic rings. The van der Waals surface area contributed by atoms with Gasteiger partial charge in [0.15, 0.2) is 18.1 Å². The second-order valence-electron chi connectivity index (χ2n) is 8.79. The number of nitrogens with one attached hydrogen (secondary N) is 3. The highest BCUT2D eigenvalue weighted by Crippen LogP contribution is 2.28. The molecular weight excluding hydrogens is 562 g/mol. The molecule has 0 saturated carbocycles. The number of para-hydroxylation sites is 1. The summed E-state index contributed by atoms with van der Waals surface area (Å²) in [5.74, 6) is -1.77. The predicted octanol–water partition coefficient (Wildman–Crippen LogP) is 5.06. The Labute approximate surface area is 240 Å². The molecule has 3 amide bonds. The van der Waals surface area contributed by atoms with E-state index in [1.54, 1.807) is 38.1 Å². The molecule has 0 spiro atoms. The average molecular weight is 589 g/mol. The standard InChI is InChI=1S/C28H27Cl2FN4O5/c1-16(2)26(34-27(37)18-9-10-19(29)20(30)13-18)28(38)35-32-14-17-8-11-23(24(12-17)39-3)40-15-25(36)33-22-7-5-4-6-21(22)31/h4-14,16,26H,15H2,1-3H3,(H,33,36)(H,34,37)(H,35,38)/b32-14+. The quantitative estimate of drug-likeness (QED) is 0.214. The minimum Gasteiger partial charge on any atom is -0.493 e. The molecule has 1 unspecified atom stereocenters. The third-order valence-electron chi connectivity index (χ3n) is 5.50. The molecule has 210 valence electrons. The molecule has 0 radical (unpaired) electrons. The number of hydrazone groups is 1. The van der Waals surface area contributed by atoms with Gasteiger partial charge in [-0.15, -0.1) is 0 Å². The fraction of sp³-hybridized carbons (Fsp3) is 0.214. The van der Waals surface area contributed by atoms with Crippen LogP contribution in [-0.4, -0.2) is 43.7 Å². The molecule has 9 nitrogen and oxygen atoms in total. The highest BCUT2D eigenvalue weighted by molar-refractivity contribution is 6.42. The van der Waals surface area contributed by atoms with Crippen molar-refractivity contribution < 1.29 is 28.2 Å². The molecule has 1 atom stereocenters. The van der Waals surface area contributed by atoms with Gasteiger partial charge in [0.1, 0.15) is 11.9 Å². The van der Waals surface area contributed by atoms with E-state index in [9.17, 15) is 18.8 Å². The Bertz CT molecular complexity index is 1420. The molecule has 0 fully saturated rings. The lowest BCUT2D eigenvalue weighted by Gasteiger charge is -2.20. The van der Waals surface area contributed by atoms with Crippen molar-refractivity contribution >= 4 is 52.8 Å². The largest absolute Gasteiger partial charge is 0.493 e. The normalized spacial score (nSPS) is 11.7. The number of hydrogen-bond acceptors (Lipinski definition) is 6. The van der Waals surface area contributed by atoms with Crippen LogP contribution in [0.4, 0.5) is 10.1 Å². The molecule has 3 rings (SSSR count). The van der Waals surface area contributed by atoms with Crippen LogP contribution in [0.25, 0.3) is 0 Å². The summed E-state index contributed by atoms with van der Waals surface area (Å²) in [6, 6.07) is 14.1. The first-order valence-electron chi connectivity index (χ1n) is 12.0. The number of hydrogen-bond donors (Lipinski definition) is 3. The molecule has 40 heavy (non-hydrogen) atoms. The number of methoxy groups -OCH3 is 1. The molecule has 0 aromatic heterocycles. The van der Waals surface area contributed by atoms with Gasteiger partial charge < -0.3 is 20.1 Å². The molecule has 3 aromatic carbocycles. The third kappa shape index (κ3) is 8.42. The SMILES string of the molecule is COc1cc(/C=N/NC(=O)C(NC(=O)c2ccc(Cl)c(Cl)c2)C(C)C)ccc1OCC(=O)Nc1ccccc1F. The van der Waals surface area contributed by atoms with Crippen molar-refractivity contribution in [3.8, 4) is 11.5 Å². The number of benzene rings is 3. The summed E-state index contributed by atoms with van der Waals surface area (Å²) in [7, 11) is 1.42. The number of carbonyl (C=O) groups excluding carboxylic acids is 3. The molecule has 0 bridgehead atoms. The first kappa shape index (κ1) is 30.4. The Morgan fingerprint density at radius 3 is 2.42 bits per heavy atom. The Hall–Kier alpha value is -4.15. The van der Waals surface area contributed by atoms with Crippen molar-refractivity contribution in [1.29, 1.82) is 0 Å². The van der Waals surface area contributed by atoms with Crippen molar-refractivity contribution in [3.63, 3.8) is 0 Å². The lowest BCUT2D eigenvalue weighted by Crippen LogP contribution is -2.48. The second kappa shape index (κ2) is 14.3. The topological polar surface area (TPSA) is 118 Å². The molecule has 0 aliphatic rings. The lowest BCUT2D eigenvalue weighted by atomic mass is 10.0. The van der Waals surface area contributed by atoms with E-state index >= 15 is 0 Å². The Kier molecular flexibility index (Phi) is 10.9. The Balaban J connectivity index is 1.58. The number of nitrogens with zero attached hydrogens (tertiary/aromatic N) is 1. The molecule has 0 aliphatic carbocycles. The number of rotatable bonds is 11. The van der Waals surface area contributed by atoms with Crippen LogP contribution in [0.2, 0.25) is 10.0 Å². The maximum absolute atomic E-state index is 13.7. The summed E-state index contributed by atoms with van der Waals surface area (Å²) in [5.41, 5.74) is 3.29. The monoisotopic (exact) mass is 588 g/mol. The fourth-order valence-corrected chi connectivity index (χ4v) is 3.71. The van der Waals surface area contributed by atoms with Crippen LogP contribution in [0.3, 0.4) is 0 Å². The molecule has 0 aliphatic heterocycles. The van der Waals surface area contributed by atoms with Gasteiger partial charge in [-0.25, -0.2) is 9.82 Å². The first-order chi connectivity index (χ1) is 19.1. The van der Waals surface area contributed by atoms with E-state index in [1.165, 1.54) is 49.7 Å². The molecule has 0 saturated heterocycles. The molecule has 0 heterocycles. The number of anilines is 1. The van der Waals surface area contributed by atoms with Gasteiger partial charge in [-0.1, -0.05) is 49.2 Å². The van der Waals surface area contributed by atoms with Crippen LogP contribution in [0, 0.1) is 11.7 Å². The zero-order chi connectivity index (χ0) is 29.2. The van der Waals surface area contributed by atoms with E-state index in [1.807, 2.05) is 0 Å². The Morgan fingerprint density at radius 2 is 1.75 bits per heavy atom. The average Bonchev–Trinajstić information content (AvgIpc) is 2.93. The molecular formula is C28H27Cl2FN4O5. The maximum atomic E-state index is 13.7. The van der Waals surface area contributed by atoms with E-state index in [0.29, 0.717) is 16.3 Å². The summed E-state index contributed by atoms with van der Waals surface area (Å²) < 4.78 is 24.6. The minimum atomic E-state index is -0.875. The summed E-state index contributed by atoms with van der Waals surface area (Å²) in [4.78, 5) is 37.5. The van der Waals surface area contributed by atoms with Gasteiger partial charge in [0.25, 0.3) is 17.7 Å². The van der Waals surface area contributed by atoms with Crippen LogP contribution in [0.1, 0.15) is 29.8 Å². The van der Waals surface area contributed by atoms with Gasteiger partial charge in [-0.05, 0) is 60.0 Å². The summed E-state index contributed by atoms with van der Waals surface area (Å²) in [6.07, 6.45) is 1.38. The van der Waals surface area contributed by atoms with Crippen molar-refractivity contribution in [2.45, 2.75) is 19.9 Å². The number of ether oxygens (including phenoxy) is 2. The van der Waals surface area contributed by atoms with Crippen molar-refractivity contribution in [2.75, 3.05) is 19.0 Å². The van der Waals surface area contributed by atoms with Crippen molar-refractivity contribution in [2.24, 2.45) is 11.0 Å². The second-order valence-corrected chi connectivity index (χ2v) is 9.60. The molecule has 12 heteroatoms. The fourth-order valence-electron chi connectivity index (χ4n) is 3.41. The highest BCUT2D eigenvalue weighted by Gasteiger charge is 2.25.